The lowest BCUT2D eigenvalue weighted by molar-refractivity contribution is 0.0694. The molecule has 5 nitrogen and oxygen atoms in total. The zero-order valence-corrected chi connectivity index (χ0v) is 9.34. The molecule has 1 N–H and O–H groups in total. The molecule has 84 valence electrons. The van der Waals surface area contributed by atoms with Gasteiger partial charge in [-0.2, -0.15) is 0 Å². The molecular formula is C10H17N3O2. The van der Waals surface area contributed by atoms with Crippen LogP contribution >= 0.6 is 0 Å². The van der Waals surface area contributed by atoms with E-state index in [0.717, 1.165) is 11.5 Å². The van der Waals surface area contributed by atoms with E-state index >= 15 is 0 Å². The van der Waals surface area contributed by atoms with Crippen molar-refractivity contribution in [1.82, 2.24) is 9.97 Å². The molecule has 1 aromatic heterocycles. The van der Waals surface area contributed by atoms with Crippen LogP contribution in [-0.4, -0.2) is 48.5 Å². The molecule has 0 aliphatic carbocycles. The third-order valence-corrected chi connectivity index (χ3v) is 2.02. The average Bonchev–Trinajstić information content (AvgIpc) is 2.18. The number of aromatic nitrogens is 2. The summed E-state index contributed by atoms with van der Waals surface area (Å²) in [5.74, 6) is 0.803. The van der Waals surface area contributed by atoms with E-state index in [4.69, 9.17) is 4.74 Å². The highest BCUT2D eigenvalue weighted by atomic mass is 16.5. The molecule has 0 bridgehead atoms. The fourth-order valence-corrected chi connectivity index (χ4v) is 1.30. The molecule has 1 unspecified atom stereocenters. The van der Waals surface area contributed by atoms with Crippen molar-refractivity contribution in [2.24, 2.45) is 0 Å². The molecule has 1 rings (SSSR count). The van der Waals surface area contributed by atoms with Crippen LogP contribution in [0.15, 0.2) is 12.4 Å². The van der Waals surface area contributed by atoms with Crippen LogP contribution in [0.3, 0.4) is 0 Å². The topological polar surface area (TPSA) is 58.5 Å². The van der Waals surface area contributed by atoms with E-state index in [9.17, 15) is 5.11 Å². The molecule has 1 aromatic rings. The minimum absolute atomic E-state index is 0.328. The number of anilines is 1. The monoisotopic (exact) mass is 211 g/mol. The van der Waals surface area contributed by atoms with Gasteiger partial charge in [-0.25, -0.2) is 9.97 Å². The highest BCUT2D eigenvalue weighted by molar-refractivity contribution is 5.37. The van der Waals surface area contributed by atoms with Crippen LogP contribution in [0, 0.1) is 6.92 Å². The van der Waals surface area contributed by atoms with Gasteiger partial charge >= 0.3 is 0 Å². The van der Waals surface area contributed by atoms with E-state index in [1.54, 1.807) is 7.11 Å². The molecule has 1 heterocycles. The van der Waals surface area contributed by atoms with Crippen LogP contribution in [0.5, 0.6) is 0 Å². The lowest BCUT2D eigenvalue weighted by atomic mass is 10.3. The summed E-state index contributed by atoms with van der Waals surface area (Å²) in [5.41, 5.74) is 0.910. The number of hydrogen-bond donors (Lipinski definition) is 1. The first-order chi connectivity index (χ1) is 7.13. The summed E-state index contributed by atoms with van der Waals surface area (Å²) in [6.45, 7) is 2.73. The number of aliphatic hydroxyl groups is 1. The Labute approximate surface area is 89.7 Å². The zero-order valence-electron chi connectivity index (χ0n) is 9.34. The van der Waals surface area contributed by atoms with Gasteiger partial charge in [-0.1, -0.05) is 0 Å². The molecule has 5 heteroatoms. The largest absolute Gasteiger partial charge is 0.389 e. The number of rotatable bonds is 5. The molecule has 15 heavy (non-hydrogen) atoms. The standard InChI is InChI=1S/C10H17N3O2/c1-8-4-10(12-7-11-8)13(2)5-9(14)6-15-3/h4,7,9,14H,5-6H2,1-3H3. The van der Waals surface area contributed by atoms with E-state index in [-0.39, 0.29) is 0 Å². The number of nitrogens with zero attached hydrogens (tertiary/aromatic N) is 3. The molecule has 0 amide bonds. The molecule has 1 atom stereocenters. The SMILES string of the molecule is COCC(O)CN(C)c1cc(C)ncn1. The van der Waals surface area contributed by atoms with E-state index in [1.807, 2.05) is 24.9 Å². The summed E-state index contributed by atoms with van der Waals surface area (Å²) in [7, 11) is 3.44. The lowest BCUT2D eigenvalue weighted by Crippen LogP contribution is -2.32. The minimum Gasteiger partial charge on any atom is -0.389 e. The van der Waals surface area contributed by atoms with Gasteiger partial charge in [0, 0.05) is 32.5 Å². The molecule has 0 fully saturated rings. The second-order valence-electron chi connectivity index (χ2n) is 3.51. The van der Waals surface area contributed by atoms with Crippen molar-refractivity contribution in [3.63, 3.8) is 0 Å². The van der Waals surface area contributed by atoms with Crippen molar-refractivity contribution in [2.45, 2.75) is 13.0 Å². The first kappa shape index (κ1) is 11.9. The Morgan fingerprint density at radius 1 is 1.53 bits per heavy atom. The van der Waals surface area contributed by atoms with Crippen LogP contribution in [0.4, 0.5) is 5.82 Å². The van der Waals surface area contributed by atoms with Gasteiger partial charge in [-0.05, 0) is 6.92 Å². The summed E-state index contributed by atoms with van der Waals surface area (Å²) < 4.78 is 4.85. The van der Waals surface area contributed by atoms with Crippen molar-refractivity contribution < 1.29 is 9.84 Å². The molecule has 0 saturated carbocycles. The molecule has 0 aliphatic rings. The van der Waals surface area contributed by atoms with Crippen LogP contribution in [0.1, 0.15) is 5.69 Å². The summed E-state index contributed by atoms with van der Waals surface area (Å²) in [6, 6.07) is 1.87. The maximum atomic E-state index is 9.54. The number of aryl methyl sites for hydroxylation is 1. The van der Waals surface area contributed by atoms with Gasteiger partial charge < -0.3 is 14.7 Å². The van der Waals surface area contributed by atoms with Gasteiger partial charge in [0.2, 0.25) is 0 Å². The van der Waals surface area contributed by atoms with Crippen LogP contribution < -0.4 is 4.90 Å². The van der Waals surface area contributed by atoms with Crippen molar-refractivity contribution in [3.8, 4) is 0 Å². The number of hydrogen-bond acceptors (Lipinski definition) is 5. The van der Waals surface area contributed by atoms with E-state index < -0.39 is 6.10 Å². The smallest absolute Gasteiger partial charge is 0.132 e. The lowest BCUT2D eigenvalue weighted by Gasteiger charge is -2.21. The van der Waals surface area contributed by atoms with Gasteiger partial charge in [0.15, 0.2) is 0 Å². The first-order valence-corrected chi connectivity index (χ1v) is 4.80. The molecule has 0 aliphatic heterocycles. The van der Waals surface area contributed by atoms with Gasteiger partial charge in [-0.15, -0.1) is 0 Å². The summed E-state index contributed by atoms with van der Waals surface area (Å²) in [4.78, 5) is 10.0. The van der Waals surface area contributed by atoms with Gasteiger partial charge in [-0.3, -0.25) is 0 Å². The van der Waals surface area contributed by atoms with Crippen LogP contribution in [0.2, 0.25) is 0 Å². The normalized spacial score (nSPS) is 12.5. The fraction of sp³-hybridized carbons (Fsp3) is 0.600. The Morgan fingerprint density at radius 2 is 2.27 bits per heavy atom. The third-order valence-electron chi connectivity index (χ3n) is 2.02. The van der Waals surface area contributed by atoms with Gasteiger partial charge in [0.1, 0.15) is 12.1 Å². The van der Waals surface area contributed by atoms with Crippen molar-refractivity contribution in [2.75, 3.05) is 32.2 Å². The molecule has 0 aromatic carbocycles. The van der Waals surface area contributed by atoms with Crippen LogP contribution in [-0.2, 0) is 4.74 Å². The number of likely N-dealkylation sites (N-methyl/N-ethyl adjacent to an activating group) is 1. The minimum atomic E-state index is -0.504. The molecule has 0 saturated heterocycles. The van der Waals surface area contributed by atoms with Gasteiger partial charge in [0.05, 0.1) is 12.7 Å². The van der Waals surface area contributed by atoms with Crippen LogP contribution in [0.25, 0.3) is 0 Å². The second-order valence-corrected chi connectivity index (χ2v) is 3.51. The highest BCUT2D eigenvalue weighted by Gasteiger charge is 2.09. The summed E-state index contributed by atoms with van der Waals surface area (Å²) in [5, 5.41) is 9.54. The summed E-state index contributed by atoms with van der Waals surface area (Å²) in [6.07, 6.45) is 1.01. The van der Waals surface area contributed by atoms with E-state index in [2.05, 4.69) is 9.97 Å². The first-order valence-electron chi connectivity index (χ1n) is 4.80. The molecule has 0 spiro atoms. The molecular weight excluding hydrogens is 194 g/mol. The Morgan fingerprint density at radius 3 is 2.87 bits per heavy atom. The van der Waals surface area contributed by atoms with Crippen molar-refractivity contribution in [1.29, 1.82) is 0 Å². The Kier molecular flexibility index (Phi) is 4.45. The fourth-order valence-electron chi connectivity index (χ4n) is 1.30. The quantitative estimate of drug-likeness (QED) is 0.755. The van der Waals surface area contributed by atoms with Crippen molar-refractivity contribution >= 4 is 5.82 Å². The second kappa shape index (κ2) is 5.63. The molecule has 0 radical (unpaired) electrons. The van der Waals surface area contributed by atoms with E-state index in [0.29, 0.717) is 13.2 Å². The maximum Gasteiger partial charge on any atom is 0.132 e. The average molecular weight is 211 g/mol. The predicted octanol–water partition coefficient (Wildman–Crippen LogP) is 0.229. The Hall–Kier alpha value is -1.20. The van der Waals surface area contributed by atoms with E-state index in [1.165, 1.54) is 6.33 Å². The Balaban J connectivity index is 2.56. The van der Waals surface area contributed by atoms with Gasteiger partial charge in [0.25, 0.3) is 0 Å². The maximum absolute atomic E-state index is 9.54. The number of methoxy groups -OCH3 is 1. The number of aliphatic hydroxyl groups excluding tert-OH is 1. The summed E-state index contributed by atoms with van der Waals surface area (Å²) >= 11 is 0. The highest BCUT2D eigenvalue weighted by Crippen LogP contribution is 2.08. The third kappa shape index (κ3) is 3.81. The number of ether oxygens (including phenoxy) is 1. The Bertz CT molecular complexity index is 306. The van der Waals surface area contributed by atoms with Crippen molar-refractivity contribution in [3.05, 3.63) is 18.1 Å². The predicted molar refractivity (Wildman–Crippen MR) is 57.9 cm³/mol. The zero-order chi connectivity index (χ0) is 11.3.